The number of pyridine rings is 1. The first-order chi connectivity index (χ1) is 9.52. The number of hydrogen-bond acceptors (Lipinski definition) is 4. The summed E-state index contributed by atoms with van der Waals surface area (Å²) in [5, 5.41) is 1.52. The molecule has 6 nitrogen and oxygen atoms in total. The van der Waals surface area contributed by atoms with Crippen molar-refractivity contribution in [1.82, 2.24) is 14.6 Å². The maximum absolute atomic E-state index is 12.1. The number of rotatable bonds is 5. The van der Waals surface area contributed by atoms with Crippen molar-refractivity contribution in [3.8, 4) is 0 Å². The van der Waals surface area contributed by atoms with E-state index in [9.17, 15) is 26.4 Å². The zero-order chi connectivity index (χ0) is 16.3. The molecule has 1 rings (SSSR count). The summed E-state index contributed by atoms with van der Waals surface area (Å²) in [5.74, 6) is -1.07. The molecule has 0 saturated carbocycles. The van der Waals surface area contributed by atoms with E-state index in [1.54, 1.807) is 5.32 Å². The second kappa shape index (κ2) is 6.58. The second-order valence-corrected chi connectivity index (χ2v) is 6.40. The van der Waals surface area contributed by atoms with Gasteiger partial charge in [-0.2, -0.15) is 17.5 Å². The number of nitrogens with one attached hydrogen (secondary N) is 1. The first-order valence-electron chi connectivity index (χ1n) is 5.44. The van der Waals surface area contributed by atoms with Gasteiger partial charge >= 0.3 is 6.18 Å². The summed E-state index contributed by atoms with van der Waals surface area (Å²) in [6.07, 6.45) is -3.40. The molecular weight excluding hydrogens is 335 g/mol. The summed E-state index contributed by atoms with van der Waals surface area (Å²) >= 11 is 5.56. The number of aromatic nitrogens is 1. The third kappa shape index (κ3) is 5.48. The van der Waals surface area contributed by atoms with Gasteiger partial charge in [0.15, 0.2) is 0 Å². The minimum absolute atomic E-state index is 0.0639. The fraction of sp³-hybridized carbons (Fsp3) is 0.400. The molecule has 0 bridgehead atoms. The lowest BCUT2D eigenvalue weighted by molar-refractivity contribution is -0.138. The fourth-order valence-corrected chi connectivity index (χ4v) is 2.65. The largest absolute Gasteiger partial charge is 0.405 e. The van der Waals surface area contributed by atoms with Gasteiger partial charge in [-0.3, -0.25) is 4.79 Å². The molecule has 21 heavy (non-hydrogen) atoms. The van der Waals surface area contributed by atoms with Crippen LogP contribution in [0.5, 0.6) is 0 Å². The van der Waals surface area contributed by atoms with Crippen LogP contribution in [0.4, 0.5) is 13.2 Å². The Morgan fingerprint density at radius 3 is 2.62 bits per heavy atom. The van der Waals surface area contributed by atoms with E-state index < -0.39 is 35.2 Å². The molecule has 0 saturated heterocycles. The normalized spacial score (nSPS) is 12.5. The Morgan fingerprint density at radius 2 is 2.10 bits per heavy atom. The monoisotopic (exact) mass is 345 g/mol. The lowest BCUT2D eigenvalue weighted by Crippen LogP contribution is -2.41. The Labute approximate surface area is 124 Å². The predicted octanol–water partition coefficient (Wildman–Crippen LogP) is 1.03. The molecule has 0 aromatic carbocycles. The number of hydrogen-bond donors (Lipinski definition) is 1. The van der Waals surface area contributed by atoms with Crippen molar-refractivity contribution in [1.29, 1.82) is 0 Å². The van der Waals surface area contributed by atoms with Crippen LogP contribution in [0, 0.1) is 0 Å². The molecule has 11 heteroatoms. The number of amides is 1. The summed E-state index contributed by atoms with van der Waals surface area (Å²) in [4.78, 5) is 14.7. The molecule has 0 fully saturated rings. The van der Waals surface area contributed by atoms with Gasteiger partial charge in [-0.15, -0.1) is 0 Å². The maximum atomic E-state index is 12.1. The highest BCUT2D eigenvalue weighted by molar-refractivity contribution is 7.89. The molecule has 0 aliphatic rings. The van der Waals surface area contributed by atoms with Crippen molar-refractivity contribution < 1.29 is 26.4 Å². The SMILES string of the molecule is CN(CC(=O)NCC(F)(F)F)S(=O)(=O)c1ccnc(Cl)c1. The van der Waals surface area contributed by atoms with Crippen LogP contribution >= 0.6 is 11.6 Å². The van der Waals surface area contributed by atoms with Gasteiger partial charge < -0.3 is 5.32 Å². The van der Waals surface area contributed by atoms with E-state index in [0.717, 1.165) is 25.4 Å². The number of halogens is 4. The van der Waals surface area contributed by atoms with Crippen molar-refractivity contribution in [3.63, 3.8) is 0 Å². The fourth-order valence-electron chi connectivity index (χ4n) is 1.27. The first kappa shape index (κ1) is 17.7. The zero-order valence-electron chi connectivity index (χ0n) is 10.7. The Morgan fingerprint density at radius 1 is 1.48 bits per heavy atom. The molecule has 0 atom stereocenters. The van der Waals surface area contributed by atoms with E-state index in [2.05, 4.69) is 4.98 Å². The third-order valence-corrected chi connectivity index (χ3v) is 4.26. The highest BCUT2D eigenvalue weighted by Gasteiger charge is 2.29. The Hall–Kier alpha value is -1.39. The van der Waals surface area contributed by atoms with E-state index in [1.165, 1.54) is 0 Å². The summed E-state index contributed by atoms with van der Waals surface area (Å²) in [5.41, 5.74) is 0. The third-order valence-electron chi connectivity index (χ3n) is 2.26. The summed E-state index contributed by atoms with van der Waals surface area (Å²) < 4.78 is 60.5. The average molecular weight is 346 g/mol. The van der Waals surface area contributed by atoms with Crippen LogP contribution in [0.3, 0.4) is 0 Å². The second-order valence-electron chi connectivity index (χ2n) is 3.97. The number of alkyl halides is 3. The topological polar surface area (TPSA) is 79.4 Å². The average Bonchev–Trinajstić information content (AvgIpc) is 2.35. The van der Waals surface area contributed by atoms with Gasteiger partial charge in [-0.05, 0) is 12.1 Å². The van der Waals surface area contributed by atoms with Crippen LogP contribution in [0.25, 0.3) is 0 Å². The van der Waals surface area contributed by atoms with Crippen molar-refractivity contribution in [2.45, 2.75) is 11.1 Å². The zero-order valence-corrected chi connectivity index (χ0v) is 12.3. The standard InChI is InChI=1S/C10H11ClF3N3O3S/c1-17(5-9(18)16-6-10(12,13)14)21(19,20)7-2-3-15-8(11)4-7/h2-4H,5-6H2,1H3,(H,16,18). The maximum Gasteiger partial charge on any atom is 0.405 e. The smallest absolute Gasteiger partial charge is 0.346 e. The quantitative estimate of drug-likeness (QED) is 0.809. The predicted molar refractivity (Wildman–Crippen MR) is 68.1 cm³/mol. The minimum atomic E-state index is -4.56. The van der Waals surface area contributed by atoms with E-state index in [4.69, 9.17) is 11.6 Å². The van der Waals surface area contributed by atoms with Gasteiger partial charge in [0.25, 0.3) is 0 Å². The van der Waals surface area contributed by atoms with Crippen LogP contribution in [-0.2, 0) is 14.8 Å². The number of likely N-dealkylation sites (N-methyl/N-ethyl adjacent to an activating group) is 1. The van der Waals surface area contributed by atoms with Crippen LogP contribution in [0.1, 0.15) is 0 Å². The molecule has 1 amide bonds. The Kier molecular flexibility index (Phi) is 5.54. The van der Waals surface area contributed by atoms with E-state index >= 15 is 0 Å². The lowest BCUT2D eigenvalue weighted by atomic mass is 10.5. The molecule has 1 heterocycles. The van der Waals surface area contributed by atoms with Crippen molar-refractivity contribution in [2.24, 2.45) is 0 Å². The summed E-state index contributed by atoms with van der Waals surface area (Å²) in [7, 11) is -2.98. The Bertz CT molecular complexity index is 621. The molecule has 0 aliphatic heterocycles. The molecule has 0 radical (unpaired) electrons. The Balaban J connectivity index is 2.74. The highest BCUT2D eigenvalue weighted by Crippen LogP contribution is 2.16. The molecule has 0 unspecified atom stereocenters. The molecule has 0 aliphatic carbocycles. The molecule has 1 N–H and O–H groups in total. The minimum Gasteiger partial charge on any atom is -0.346 e. The summed E-state index contributed by atoms with van der Waals surface area (Å²) in [6, 6.07) is 2.23. The van der Waals surface area contributed by atoms with Crippen molar-refractivity contribution in [2.75, 3.05) is 20.1 Å². The van der Waals surface area contributed by atoms with Gasteiger partial charge in [0.1, 0.15) is 11.7 Å². The number of sulfonamides is 1. The van der Waals surface area contributed by atoms with Crippen LogP contribution in [-0.4, -0.2) is 49.9 Å². The van der Waals surface area contributed by atoms with Gasteiger partial charge in [0.2, 0.25) is 15.9 Å². The van der Waals surface area contributed by atoms with Crippen LogP contribution in [0.15, 0.2) is 23.2 Å². The van der Waals surface area contributed by atoms with Gasteiger partial charge in [0, 0.05) is 13.2 Å². The molecule has 0 spiro atoms. The van der Waals surface area contributed by atoms with E-state index in [1.807, 2.05) is 0 Å². The van der Waals surface area contributed by atoms with Crippen LogP contribution in [0.2, 0.25) is 5.15 Å². The molecule has 1 aromatic rings. The van der Waals surface area contributed by atoms with Crippen molar-refractivity contribution in [3.05, 3.63) is 23.5 Å². The first-order valence-corrected chi connectivity index (χ1v) is 7.25. The number of carbonyl (C=O) groups is 1. The molecular formula is C10H11ClF3N3O3S. The van der Waals surface area contributed by atoms with E-state index in [0.29, 0.717) is 4.31 Å². The number of nitrogens with zero attached hydrogens (tertiary/aromatic N) is 2. The lowest BCUT2D eigenvalue weighted by Gasteiger charge is -2.17. The highest BCUT2D eigenvalue weighted by atomic mass is 35.5. The van der Waals surface area contributed by atoms with Crippen LogP contribution < -0.4 is 5.32 Å². The van der Waals surface area contributed by atoms with Gasteiger partial charge in [-0.1, -0.05) is 11.6 Å². The van der Waals surface area contributed by atoms with Gasteiger partial charge in [0.05, 0.1) is 11.4 Å². The number of carbonyl (C=O) groups excluding carboxylic acids is 1. The summed E-state index contributed by atoms with van der Waals surface area (Å²) in [6.45, 7) is -2.28. The van der Waals surface area contributed by atoms with Crippen molar-refractivity contribution >= 4 is 27.5 Å². The molecule has 118 valence electrons. The van der Waals surface area contributed by atoms with E-state index in [-0.39, 0.29) is 10.0 Å². The van der Waals surface area contributed by atoms with Gasteiger partial charge in [-0.25, -0.2) is 13.4 Å². The molecule has 1 aromatic heterocycles.